The van der Waals surface area contributed by atoms with Crippen molar-refractivity contribution < 1.29 is 95.8 Å². The number of carbonyl (C=O) groups is 12. The van der Waals surface area contributed by atoms with Crippen molar-refractivity contribution in [1.29, 1.82) is 0 Å². The quantitative estimate of drug-likeness (QED) is 0.00751. The first-order chi connectivity index (χ1) is 60.3. The SMILES string of the molecule is C#CCCCCN(C(=O)[C@@H](NC(=O)[C@H]1CCCCN1C)[C@@H](C)CC)[C@H](C[C@@H](OC(C)=O)c1nc(C(=O)N[C@@H](Cc2ccc(NC(=O)OCc3ccc(NC(=O)[C@@H](NC(=O)[C@@H](NC(=O)CCOCCOCCOCCOCCNC(=O)CCC(=O)N4Cc5ccccc5C#Cc5ccccc54)C(C)C)OCCNC(N)=O)cc3)cc2)CC(C)(C)C(=O)O)cs1)C(C)C. The first-order valence-corrected chi connectivity index (χ1v) is 43.9. The normalized spacial score (nSPS) is 14.8. The zero-order chi connectivity index (χ0) is 91.7. The topological polar surface area (TPSA) is 435 Å². The molecule has 7 rings (SSSR count). The highest BCUT2D eigenvalue weighted by molar-refractivity contribution is 7.09. The van der Waals surface area contributed by atoms with Crippen LogP contribution in [0.5, 0.6) is 0 Å². The van der Waals surface area contributed by atoms with E-state index in [1.807, 2.05) is 88.2 Å². The van der Waals surface area contributed by atoms with Crippen LogP contribution in [-0.4, -0.2) is 220 Å². The van der Waals surface area contributed by atoms with Gasteiger partial charge in [0.05, 0.1) is 83.2 Å². The summed E-state index contributed by atoms with van der Waals surface area (Å²) in [6.07, 6.45) is 7.33. The van der Waals surface area contributed by atoms with E-state index in [0.29, 0.717) is 72.7 Å². The predicted molar refractivity (Wildman–Crippen MR) is 475 cm³/mol. The second-order valence-corrected chi connectivity index (χ2v) is 33.3. The number of ether oxygens (including phenoxy) is 7. The van der Waals surface area contributed by atoms with Crippen molar-refractivity contribution in [3.05, 3.63) is 141 Å². The molecule has 0 unspecified atom stereocenters. The number of urea groups is 1. The number of terminal acetylenes is 1. The Balaban J connectivity index is 0.821. The van der Waals surface area contributed by atoms with Crippen molar-refractivity contribution >= 4 is 99.7 Å². The number of carboxylic acid groups (broad SMARTS) is 1. The number of amides is 11. The van der Waals surface area contributed by atoms with E-state index in [0.717, 1.165) is 47.4 Å². The number of hydrogen-bond acceptors (Lipinski definition) is 22. The number of nitrogens with zero attached hydrogens (tertiary/aromatic N) is 4. The van der Waals surface area contributed by atoms with E-state index in [2.05, 4.69) is 60.3 Å². The number of piperidine rings is 1. The van der Waals surface area contributed by atoms with Crippen LogP contribution < -0.4 is 53.2 Å². The third-order valence-corrected chi connectivity index (χ3v) is 22.3. The Kier molecular flexibility index (Phi) is 42.9. The molecule has 0 bridgehead atoms. The van der Waals surface area contributed by atoms with Crippen molar-refractivity contribution in [3.63, 3.8) is 0 Å². The molecule has 11 N–H and O–H groups in total. The number of nitrogens with two attached hydrogens (primary N) is 1. The van der Waals surface area contributed by atoms with E-state index < -0.39 is 95.5 Å². The molecule has 684 valence electrons. The molecular weight excluding hydrogens is 1640 g/mol. The van der Waals surface area contributed by atoms with Gasteiger partial charge in [-0.3, -0.25) is 58.2 Å². The molecule has 3 heterocycles. The van der Waals surface area contributed by atoms with Crippen LogP contribution in [0.25, 0.3) is 0 Å². The van der Waals surface area contributed by atoms with Crippen molar-refractivity contribution in [3.8, 4) is 24.2 Å². The van der Waals surface area contributed by atoms with Gasteiger partial charge in [-0.2, -0.15) is 0 Å². The summed E-state index contributed by atoms with van der Waals surface area (Å²) in [5, 5.41) is 33.9. The van der Waals surface area contributed by atoms with E-state index in [4.69, 9.17) is 50.3 Å². The number of carbonyl (C=O) groups excluding carboxylic acids is 11. The van der Waals surface area contributed by atoms with Crippen LogP contribution in [0.1, 0.15) is 189 Å². The third kappa shape index (κ3) is 34.5. The summed E-state index contributed by atoms with van der Waals surface area (Å²) in [7, 11) is 1.92. The second-order valence-electron chi connectivity index (χ2n) is 32.4. The van der Waals surface area contributed by atoms with Gasteiger partial charge in [-0.05, 0) is 143 Å². The van der Waals surface area contributed by atoms with Gasteiger partial charge in [0, 0.05) is 98.6 Å². The first-order valence-electron chi connectivity index (χ1n) is 43.0. The molecule has 33 nitrogen and oxygen atoms in total. The largest absolute Gasteiger partial charge is 0.481 e. The second kappa shape index (κ2) is 53.2. The van der Waals surface area contributed by atoms with E-state index in [9.17, 15) is 57.8 Å². The number of benzene rings is 4. The van der Waals surface area contributed by atoms with Crippen LogP contribution in [0.15, 0.2) is 102 Å². The standard InChI is InChI=1S/C92H125N13O20S/c1-12-14-15-21-44-104(88(114)81(62(7)13-2)101-83(111)74-27-20-22-43-103(74)11)75(60(3)4)55-76(125-63(8)106)87-99-72(59-126-87)82(110)97-71(56-92(9,10)89(115)116)54-64-28-34-70(35-29-64)98-91(118)124-58-65-30-36-69(37-31-65)96-85(113)86(123-47-42-95-90(93)117)102-84(112)80(61(5)6)100-78(108)40-45-119-48-50-121-52-53-122-51-49-120-46-41-94-77(107)38-39-79(109)105-57-68-25-17-16-23-66(68)32-33-67-24-18-19-26-73(67)105/h1,16-19,23-26,28-31,34-37,59-62,71,74-76,80-81,86H,13-15,20-22,27,38-58H2,2-11H3,(H,94,107)(H,96,113)(H,97,110)(H,98,118)(H,100,108)(H,101,111)(H,102,112)(H,115,116)(H3,93,95,117)/t62-,71-,74+,75+,76+,80-,81-,86-/m0/s1. The van der Waals surface area contributed by atoms with Gasteiger partial charge in [0.1, 0.15) is 29.4 Å². The number of unbranched alkanes of at least 4 members (excludes halogenated alkanes) is 2. The number of carboxylic acids is 1. The lowest BCUT2D eigenvalue weighted by atomic mass is 9.84. The van der Waals surface area contributed by atoms with E-state index >= 15 is 4.79 Å². The smallest absolute Gasteiger partial charge is 0.411 e. The number of para-hydroxylation sites is 1. The fourth-order valence-corrected chi connectivity index (χ4v) is 14.9. The molecular formula is C92H125N13O20S. The number of thiazole rings is 1. The van der Waals surface area contributed by atoms with Gasteiger partial charge >= 0.3 is 24.1 Å². The number of likely N-dealkylation sites (N-methyl/N-ethyl adjacent to an activating group) is 1. The number of rotatable bonds is 53. The van der Waals surface area contributed by atoms with Crippen LogP contribution in [0.4, 0.5) is 26.7 Å². The molecule has 4 aromatic carbocycles. The molecule has 34 heteroatoms. The Morgan fingerprint density at radius 1 is 0.698 bits per heavy atom. The van der Waals surface area contributed by atoms with Gasteiger partial charge < -0.3 is 91.0 Å². The molecule has 2 aliphatic rings. The molecule has 2 aliphatic heterocycles. The first kappa shape index (κ1) is 102. The number of primary amides is 1. The average molecular weight is 1770 g/mol. The molecule has 5 aromatic rings. The highest BCUT2D eigenvalue weighted by Gasteiger charge is 2.40. The van der Waals surface area contributed by atoms with Crippen molar-refractivity contribution in [1.82, 2.24) is 46.7 Å². The van der Waals surface area contributed by atoms with E-state index in [1.54, 1.807) is 73.9 Å². The highest BCUT2D eigenvalue weighted by Crippen LogP contribution is 2.34. The number of anilines is 3. The van der Waals surface area contributed by atoms with Gasteiger partial charge in [-0.15, -0.1) is 23.7 Å². The molecule has 1 saturated heterocycles. The number of nitrogens with one attached hydrogen (secondary N) is 8. The number of hydrogen-bond donors (Lipinski definition) is 10. The number of esters is 1. The fourth-order valence-electron chi connectivity index (χ4n) is 14.1. The number of aliphatic carboxylic acids is 1. The minimum atomic E-state index is -1.62. The van der Waals surface area contributed by atoms with Gasteiger partial charge in [0.25, 0.3) is 11.8 Å². The summed E-state index contributed by atoms with van der Waals surface area (Å²) in [6.45, 7) is 18.5. The summed E-state index contributed by atoms with van der Waals surface area (Å²) in [5.74, 6) is 2.92. The van der Waals surface area contributed by atoms with Crippen molar-refractivity contribution in [2.24, 2.45) is 28.9 Å². The van der Waals surface area contributed by atoms with E-state index in [1.165, 1.54) is 24.4 Å². The predicted octanol–water partition coefficient (Wildman–Crippen LogP) is 8.91. The number of likely N-dealkylation sites (tertiary alicyclic amines) is 1. The average Bonchev–Trinajstić information content (AvgIpc) is 0.861. The number of aromatic nitrogens is 1. The molecule has 0 aliphatic carbocycles. The zero-order valence-corrected chi connectivity index (χ0v) is 74.8. The Labute approximate surface area is 742 Å². The summed E-state index contributed by atoms with van der Waals surface area (Å²) in [4.78, 5) is 170. The molecule has 0 saturated carbocycles. The van der Waals surface area contributed by atoms with Crippen LogP contribution in [0, 0.1) is 47.4 Å². The Bertz CT molecular complexity index is 4530. The molecule has 126 heavy (non-hydrogen) atoms. The summed E-state index contributed by atoms with van der Waals surface area (Å²) in [5.41, 5.74) is 8.96. The van der Waals surface area contributed by atoms with Crippen molar-refractivity contribution in [2.75, 3.05) is 108 Å². The maximum Gasteiger partial charge on any atom is 0.411 e. The van der Waals surface area contributed by atoms with Crippen LogP contribution in [-0.2, 0) is 95.9 Å². The van der Waals surface area contributed by atoms with Gasteiger partial charge in [0.15, 0.2) is 6.10 Å². The minimum absolute atomic E-state index is 0.00265. The maximum atomic E-state index is 15.1. The lowest BCUT2D eigenvalue weighted by Crippen LogP contribution is -2.59. The molecule has 1 aromatic heterocycles. The van der Waals surface area contributed by atoms with Crippen molar-refractivity contribution in [2.45, 2.75) is 201 Å². The van der Waals surface area contributed by atoms with Gasteiger partial charge in [-0.25, -0.2) is 14.6 Å². The summed E-state index contributed by atoms with van der Waals surface area (Å²) >= 11 is 1.10. The lowest BCUT2D eigenvalue weighted by molar-refractivity contribution is -0.150. The minimum Gasteiger partial charge on any atom is -0.481 e. The molecule has 1 fully saturated rings. The molecule has 0 radical (unpaired) electrons. The van der Waals surface area contributed by atoms with Crippen LogP contribution >= 0.6 is 11.3 Å². The molecule has 8 atom stereocenters. The third-order valence-electron chi connectivity index (χ3n) is 21.4. The maximum absolute atomic E-state index is 15.1. The molecule has 11 amide bonds. The number of fused-ring (bicyclic) bond motifs is 2. The summed E-state index contributed by atoms with van der Waals surface area (Å²) < 4.78 is 39.5. The van der Waals surface area contributed by atoms with Gasteiger partial charge in [0.2, 0.25) is 41.7 Å². The van der Waals surface area contributed by atoms with Crippen LogP contribution in [0.3, 0.4) is 0 Å². The molecule has 0 spiro atoms. The monoisotopic (exact) mass is 1760 g/mol. The highest BCUT2D eigenvalue weighted by atomic mass is 32.1. The van der Waals surface area contributed by atoms with E-state index in [-0.39, 0.29) is 171 Å². The van der Waals surface area contributed by atoms with Gasteiger partial charge in [-0.1, -0.05) is 121 Å². The Morgan fingerprint density at radius 2 is 1.33 bits per heavy atom. The zero-order valence-electron chi connectivity index (χ0n) is 73.9. The fraction of sp³-hybridized carbons (Fsp3) is 0.533. The van der Waals surface area contributed by atoms with Crippen LogP contribution in [0.2, 0.25) is 0 Å². The lowest BCUT2D eigenvalue weighted by Gasteiger charge is -2.40. The Hall–Kier alpha value is -11.4. The Morgan fingerprint density at radius 3 is 1.98 bits per heavy atom. The summed E-state index contributed by atoms with van der Waals surface area (Å²) in [6, 6.07) is 23.6.